The van der Waals surface area contributed by atoms with Crippen molar-refractivity contribution in [2.24, 2.45) is 0 Å². The lowest BCUT2D eigenvalue weighted by Crippen LogP contribution is -2.18. The molecule has 1 aliphatic heterocycles. The number of rotatable bonds is 8. The Morgan fingerprint density at radius 2 is 1.98 bits per heavy atom. The van der Waals surface area contributed by atoms with Gasteiger partial charge >= 0.3 is 11.7 Å². The topological polar surface area (TPSA) is 167 Å². The number of aromatic amines is 1. The molecule has 3 heterocycles. The van der Waals surface area contributed by atoms with Gasteiger partial charge in [-0.1, -0.05) is 17.3 Å². The van der Waals surface area contributed by atoms with Crippen molar-refractivity contribution in [1.29, 1.82) is 0 Å². The first-order valence-electron chi connectivity index (χ1n) is 12.5. The number of aromatic carboxylic acids is 1. The minimum absolute atomic E-state index is 0.0609. The van der Waals surface area contributed by atoms with Gasteiger partial charge in [0.1, 0.15) is 6.04 Å². The zero-order chi connectivity index (χ0) is 28.5. The SMILES string of the molecule is COc1cc(C(Nc2ccc(-c3noc(C)n3)cc2)c2nn(-c3ccccc3C(=O)O)c(=O)[nH]2)cc2c1OCOC2. The normalized spacial score (nSPS) is 13.2. The minimum Gasteiger partial charge on any atom is -0.493 e. The van der Waals surface area contributed by atoms with Crippen LogP contribution in [0.1, 0.15) is 39.2 Å². The van der Waals surface area contributed by atoms with Crippen LogP contribution >= 0.6 is 0 Å². The van der Waals surface area contributed by atoms with E-state index in [2.05, 4.69) is 25.5 Å². The molecule has 1 unspecified atom stereocenters. The molecular formula is C28H24N6O7. The Bertz CT molecular complexity index is 1770. The number of H-pyrrole nitrogens is 1. The van der Waals surface area contributed by atoms with Crippen LogP contribution in [-0.2, 0) is 11.3 Å². The predicted octanol–water partition coefficient (Wildman–Crippen LogP) is 3.69. The number of aromatic nitrogens is 5. The van der Waals surface area contributed by atoms with Crippen LogP contribution in [0.4, 0.5) is 5.69 Å². The van der Waals surface area contributed by atoms with E-state index in [-0.39, 0.29) is 23.9 Å². The van der Waals surface area contributed by atoms with Crippen molar-refractivity contribution < 1.29 is 28.6 Å². The average molecular weight is 557 g/mol. The van der Waals surface area contributed by atoms with Crippen LogP contribution in [0.3, 0.4) is 0 Å². The van der Waals surface area contributed by atoms with Crippen LogP contribution in [0.2, 0.25) is 0 Å². The molecule has 1 atom stereocenters. The Labute approximate surface area is 232 Å². The number of carbonyl (C=O) groups is 1. The molecule has 3 N–H and O–H groups in total. The van der Waals surface area contributed by atoms with Gasteiger partial charge in [-0.15, -0.1) is 5.10 Å². The molecule has 13 heteroatoms. The summed E-state index contributed by atoms with van der Waals surface area (Å²) in [6.07, 6.45) is 0. The number of para-hydroxylation sites is 1. The zero-order valence-electron chi connectivity index (χ0n) is 22.0. The summed E-state index contributed by atoms with van der Waals surface area (Å²) in [5, 5.41) is 21.6. The number of hydrogen-bond acceptors (Lipinski definition) is 10. The van der Waals surface area contributed by atoms with Gasteiger partial charge in [-0.25, -0.2) is 9.59 Å². The molecule has 0 spiro atoms. The number of anilines is 1. The molecule has 2 aromatic heterocycles. The molecule has 6 rings (SSSR count). The number of fused-ring (bicyclic) bond motifs is 1. The highest BCUT2D eigenvalue weighted by Gasteiger charge is 2.26. The number of methoxy groups -OCH3 is 1. The van der Waals surface area contributed by atoms with Crippen LogP contribution in [0.5, 0.6) is 11.5 Å². The summed E-state index contributed by atoms with van der Waals surface area (Å²) < 4.78 is 22.9. The second-order valence-electron chi connectivity index (χ2n) is 9.16. The zero-order valence-corrected chi connectivity index (χ0v) is 22.0. The molecule has 0 aliphatic carbocycles. The van der Waals surface area contributed by atoms with Crippen LogP contribution in [0.25, 0.3) is 17.1 Å². The maximum atomic E-state index is 13.1. The van der Waals surface area contributed by atoms with E-state index in [0.29, 0.717) is 41.1 Å². The third-order valence-electron chi connectivity index (χ3n) is 6.50. The van der Waals surface area contributed by atoms with Gasteiger partial charge in [0, 0.05) is 23.7 Å². The van der Waals surface area contributed by atoms with Crippen molar-refractivity contribution in [3.8, 4) is 28.6 Å². The third-order valence-corrected chi connectivity index (χ3v) is 6.50. The number of nitrogens with one attached hydrogen (secondary N) is 2. The van der Waals surface area contributed by atoms with Gasteiger partial charge in [0.2, 0.25) is 11.7 Å². The fourth-order valence-electron chi connectivity index (χ4n) is 4.61. The lowest BCUT2D eigenvalue weighted by Gasteiger charge is -2.24. The molecule has 13 nitrogen and oxygen atoms in total. The number of carboxylic acids is 1. The highest BCUT2D eigenvalue weighted by molar-refractivity contribution is 5.91. The molecular weight excluding hydrogens is 532 g/mol. The molecule has 0 saturated carbocycles. The molecule has 3 aromatic carbocycles. The van der Waals surface area contributed by atoms with Crippen molar-refractivity contribution in [3.05, 3.63) is 99.6 Å². The van der Waals surface area contributed by atoms with Gasteiger partial charge in [-0.2, -0.15) is 9.67 Å². The van der Waals surface area contributed by atoms with Gasteiger partial charge in [0.25, 0.3) is 0 Å². The van der Waals surface area contributed by atoms with E-state index in [1.54, 1.807) is 32.2 Å². The Hall–Kier alpha value is -5.43. The number of nitrogens with zero attached hydrogens (tertiary/aromatic N) is 4. The highest BCUT2D eigenvalue weighted by Crippen LogP contribution is 2.39. The largest absolute Gasteiger partial charge is 0.493 e. The lowest BCUT2D eigenvalue weighted by atomic mass is 10.0. The van der Waals surface area contributed by atoms with Crippen LogP contribution < -0.4 is 20.5 Å². The molecule has 0 saturated heterocycles. The molecule has 208 valence electrons. The number of benzene rings is 3. The molecule has 41 heavy (non-hydrogen) atoms. The van der Waals surface area contributed by atoms with Crippen molar-refractivity contribution >= 4 is 11.7 Å². The second-order valence-corrected chi connectivity index (χ2v) is 9.16. The number of carboxylic acid groups (broad SMARTS) is 1. The monoisotopic (exact) mass is 556 g/mol. The van der Waals surface area contributed by atoms with Gasteiger partial charge < -0.3 is 29.2 Å². The van der Waals surface area contributed by atoms with Gasteiger partial charge in [0.05, 0.1) is 25.0 Å². The van der Waals surface area contributed by atoms with E-state index in [1.807, 2.05) is 30.3 Å². The van der Waals surface area contributed by atoms with E-state index >= 15 is 0 Å². The Balaban J connectivity index is 1.44. The summed E-state index contributed by atoms with van der Waals surface area (Å²) in [4.78, 5) is 32.0. The van der Waals surface area contributed by atoms with Crippen LogP contribution in [0, 0.1) is 6.92 Å². The summed E-state index contributed by atoms with van der Waals surface area (Å²) in [6.45, 7) is 2.13. The Morgan fingerprint density at radius 1 is 1.17 bits per heavy atom. The Morgan fingerprint density at radius 3 is 2.71 bits per heavy atom. The highest BCUT2D eigenvalue weighted by atomic mass is 16.7. The summed E-state index contributed by atoms with van der Waals surface area (Å²) in [7, 11) is 1.54. The fourth-order valence-corrected chi connectivity index (χ4v) is 4.61. The summed E-state index contributed by atoms with van der Waals surface area (Å²) in [5.41, 5.74) is 2.39. The first kappa shape index (κ1) is 25.8. The number of ether oxygens (including phenoxy) is 3. The predicted molar refractivity (Wildman–Crippen MR) is 144 cm³/mol. The standard InChI is InChI=1S/C28H24N6O7/c1-15-29-25(33-41-15)16-7-9-19(10-8-16)30-23(17-11-18-13-39-14-40-24(18)22(12-17)38-2)26-31-28(37)34(32-26)21-6-4-3-5-20(21)27(35)36/h3-12,23,30H,13-14H2,1-2H3,(H,35,36)(H,31,32,37). The van der Waals surface area contributed by atoms with E-state index in [0.717, 1.165) is 15.8 Å². The quantitative estimate of drug-likeness (QED) is 0.255. The summed E-state index contributed by atoms with van der Waals surface area (Å²) in [6, 6.07) is 16.5. The minimum atomic E-state index is -1.18. The van der Waals surface area contributed by atoms with Crippen molar-refractivity contribution in [3.63, 3.8) is 0 Å². The molecule has 0 amide bonds. The Kier molecular flexibility index (Phi) is 6.69. The molecule has 0 radical (unpaired) electrons. The fraction of sp³-hybridized carbons (Fsp3) is 0.179. The van der Waals surface area contributed by atoms with Crippen LogP contribution in [-0.4, -0.2) is 49.9 Å². The average Bonchev–Trinajstić information content (AvgIpc) is 3.60. The van der Waals surface area contributed by atoms with Crippen molar-refractivity contribution in [2.75, 3.05) is 19.2 Å². The van der Waals surface area contributed by atoms with Crippen LogP contribution in [0.15, 0.2) is 70.0 Å². The smallest absolute Gasteiger partial charge is 0.348 e. The van der Waals surface area contributed by atoms with Crippen molar-refractivity contribution in [2.45, 2.75) is 19.6 Å². The van der Waals surface area contributed by atoms with Crippen molar-refractivity contribution in [1.82, 2.24) is 24.9 Å². The summed E-state index contributed by atoms with van der Waals surface area (Å²) >= 11 is 0. The van der Waals surface area contributed by atoms with E-state index in [4.69, 9.17) is 18.7 Å². The van der Waals surface area contributed by atoms with Gasteiger partial charge in [-0.05, 0) is 54.1 Å². The molecule has 0 bridgehead atoms. The lowest BCUT2D eigenvalue weighted by molar-refractivity contribution is -0.0180. The van der Waals surface area contributed by atoms with E-state index < -0.39 is 17.7 Å². The number of hydrogen-bond donors (Lipinski definition) is 3. The number of aryl methyl sites for hydroxylation is 1. The maximum Gasteiger partial charge on any atom is 0.348 e. The van der Waals surface area contributed by atoms with Gasteiger partial charge in [0.15, 0.2) is 24.1 Å². The maximum absolute atomic E-state index is 13.1. The first-order chi connectivity index (χ1) is 19.9. The third kappa shape index (κ3) is 5.01. The summed E-state index contributed by atoms with van der Waals surface area (Å²) in [5.74, 6) is 1.06. The molecule has 0 fully saturated rings. The first-order valence-corrected chi connectivity index (χ1v) is 12.5. The van der Waals surface area contributed by atoms with Gasteiger partial charge in [-0.3, -0.25) is 4.98 Å². The second kappa shape index (κ2) is 10.6. The molecule has 1 aliphatic rings. The van der Waals surface area contributed by atoms with E-state index in [1.165, 1.54) is 12.1 Å². The molecule has 5 aromatic rings. The van der Waals surface area contributed by atoms with E-state index in [9.17, 15) is 14.7 Å².